The fourth-order valence-corrected chi connectivity index (χ4v) is 4.72. The number of nitrogens with one attached hydrogen (secondary N) is 1. The van der Waals surface area contributed by atoms with Crippen molar-refractivity contribution in [1.82, 2.24) is 19.7 Å². The van der Waals surface area contributed by atoms with E-state index in [1.54, 1.807) is 4.90 Å². The van der Waals surface area contributed by atoms with Gasteiger partial charge in [0.2, 0.25) is 5.43 Å². The zero-order chi connectivity index (χ0) is 23.4. The average molecular weight is 458 g/mol. The minimum absolute atomic E-state index is 0.0516. The van der Waals surface area contributed by atoms with Crippen molar-refractivity contribution in [2.45, 2.75) is 57.5 Å². The molecule has 8 nitrogen and oxygen atoms in total. The van der Waals surface area contributed by atoms with E-state index in [2.05, 4.69) is 5.32 Å². The Bertz CT molecular complexity index is 1210. The zero-order valence-electron chi connectivity index (χ0n) is 18.1. The normalized spacial score (nSPS) is 22.0. The standard InChI is InChI=1S/C23H24F2N4O4/c1-12-6-7-26-18-11-27-10-16(20(30)21(31)19(27)23(33)29(12)18)22(32)28(15-4-5-15)9-13-2-3-14(24)8-17(13)25/h2-3,8,10,12,15,18,26,31H,4-7,9,11H2,1H3/t12-,18-/m0/s1. The van der Waals surface area contributed by atoms with E-state index in [9.17, 15) is 28.3 Å². The molecule has 2 aliphatic heterocycles. The molecule has 0 unspecified atom stereocenters. The first kappa shape index (κ1) is 21.6. The Balaban J connectivity index is 1.51. The molecule has 1 saturated heterocycles. The van der Waals surface area contributed by atoms with Crippen LogP contribution in [0.25, 0.3) is 0 Å². The van der Waals surface area contributed by atoms with E-state index in [4.69, 9.17) is 0 Å². The van der Waals surface area contributed by atoms with Crippen LogP contribution in [0.1, 0.15) is 52.6 Å². The molecule has 1 aromatic heterocycles. The Morgan fingerprint density at radius 3 is 2.70 bits per heavy atom. The lowest BCUT2D eigenvalue weighted by atomic mass is 10.0. The minimum Gasteiger partial charge on any atom is -0.503 e. The molecule has 1 aromatic carbocycles. The summed E-state index contributed by atoms with van der Waals surface area (Å²) in [5.74, 6) is -3.38. The molecule has 1 saturated carbocycles. The van der Waals surface area contributed by atoms with Gasteiger partial charge in [-0.25, -0.2) is 8.78 Å². The van der Waals surface area contributed by atoms with Crippen LogP contribution in [0.15, 0.2) is 29.2 Å². The molecule has 3 aliphatic rings. The smallest absolute Gasteiger partial charge is 0.276 e. The van der Waals surface area contributed by atoms with Gasteiger partial charge in [0, 0.05) is 36.5 Å². The van der Waals surface area contributed by atoms with Crippen molar-refractivity contribution in [3.8, 4) is 5.75 Å². The molecule has 2 aromatic rings. The van der Waals surface area contributed by atoms with E-state index in [0.29, 0.717) is 12.8 Å². The number of benzene rings is 1. The molecule has 3 heterocycles. The molecule has 1 aliphatic carbocycles. The van der Waals surface area contributed by atoms with E-state index in [1.165, 1.54) is 21.7 Å². The highest BCUT2D eigenvalue weighted by atomic mass is 19.1. The van der Waals surface area contributed by atoms with Crippen LogP contribution < -0.4 is 10.7 Å². The molecular weight excluding hydrogens is 434 g/mol. The highest BCUT2D eigenvalue weighted by Gasteiger charge is 2.41. The van der Waals surface area contributed by atoms with Gasteiger partial charge in [0.05, 0.1) is 6.54 Å². The Kier molecular flexibility index (Phi) is 5.19. The number of hydrogen-bond donors (Lipinski definition) is 2. The Morgan fingerprint density at radius 2 is 2.00 bits per heavy atom. The average Bonchev–Trinajstić information content (AvgIpc) is 3.60. The third-order valence-corrected chi connectivity index (χ3v) is 6.65. The lowest BCUT2D eigenvalue weighted by Gasteiger charge is -2.45. The van der Waals surface area contributed by atoms with Crippen LogP contribution in [0.3, 0.4) is 0 Å². The Hall–Kier alpha value is -3.27. The van der Waals surface area contributed by atoms with Crippen LogP contribution in [0.5, 0.6) is 5.75 Å². The minimum atomic E-state index is -0.930. The van der Waals surface area contributed by atoms with Gasteiger partial charge in [0.15, 0.2) is 11.4 Å². The van der Waals surface area contributed by atoms with Crippen molar-refractivity contribution in [1.29, 1.82) is 0 Å². The predicted molar refractivity (Wildman–Crippen MR) is 114 cm³/mol. The van der Waals surface area contributed by atoms with Gasteiger partial charge < -0.3 is 19.5 Å². The molecule has 0 bridgehead atoms. The molecule has 2 atom stereocenters. The zero-order valence-corrected chi connectivity index (χ0v) is 18.1. The van der Waals surface area contributed by atoms with Gasteiger partial charge in [-0.05, 0) is 38.8 Å². The SMILES string of the molecule is C[C@H]1CCN[C@@H]2Cn3cc(C(=O)N(Cc4ccc(F)cc4F)C4CC4)c(=O)c(O)c3C(=O)N12. The van der Waals surface area contributed by atoms with E-state index in [0.717, 1.165) is 25.1 Å². The monoisotopic (exact) mass is 458 g/mol. The molecule has 174 valence electrons. The number of halogens is 2. The molecule has 2 N–H and O–H groups in total. The van der Waals surface area contributed by atoms with E-state index in [1.807, 2.05) is 6.92 Å². The van der Waals surface area contributed by atoms with Crippen LogP contribution >= 0.6 is 0 Å². The fraction of sp³-hybridized carbons (Fsp3) is 0.435. The van der Waals surface area contributed by atoms with E-state index < -0.39 is 34.6 Å². The summed E-state index contributed by atoms with van der Waals surface area (Å²) in [7, 11) is 0. The van der Waals surface area contributed by atoms with Gasteiger partial charge in [0.25, 0.3) is 11.8 Å². The number of aromatic nitrogens is 1. The summed E-state index contributed by atoms with van der Waals surface area (Å²) in [6.45, 7) is 2.78. The maximum Gasteiger partial charge on any atom is 0.276 e. The molecule has 5 rings (SSSR count). The summed E-state index contributed by atoms with van der Waals surface area (Å²) < 4.78 is 29.0. The highest BCUT2D eigenvalue weighted by Crippen LogP contribution is 2.31. The highest BCUT2D eigenvalue weighted by molar-refractivity contribution is 5.99. The summed E-state index contributed by atoms with van der Waals surface area (Å²) >= 11 is 0. The van der Waals surface area contributed by atoms with E-state index in [-0.39, 0.29) is 48.2 Å². The lowest BCUT2D eigenvalue weighted by Crippen LogP contribution is -2.62. The summed E-state index contributed by atoms with van der Waals surface area (Å²) in [5.41, 5.74) is -1.22. The number of fused-ring (bicyclic) bond motifs is 2. The van der Waals surface area contributed by atoms with Crippen molar-refractivity contribution < 1.29 is 23.5 Å². The van der Waals surface area contributed by atoms with E-state index >= 15 is 0 Å². The van der Waals surface area contributed by atoms with Gasteiger partial charge in [-0.2, -0.15) is 0 Å². The molecule has 0 radical (unpaired) electrons. The van der Waals surface area contributed by atoms with Gasteiger partial charge in [-0.3, -0.25) is 19.7 Å². The van der Waals surface area contributed by atoms with Crippen LogP contribution in [-0.2, 0) is 13.1 Å². The van der Waals surface area contributed by atoms with Crippen molar-refractivity contribution in [3.05, 3.63) is 63.1 Å². The number of rotatable bonds is 4. The second-order valence-electron chi connectivity index (χ2n) is 8.94. The summed E-state index contributed by atoms with van der Waals surface area (Å²) in [5, 5.41) is 13.9. The first-order valence-corrected chi connectivity index (χ1v) is 11.0. The number of aromatic hydroxyl groups is 1. The lowest BCUT2D eigenvalue weighted by molar-refractivity contribution is 0.0301. The number of pyridine rings is 1. The van der Waals surface area contributed by atoms with Crippen LogP contribution in [0.2, 0.25) is 0 Å². The largest absolute Gasteiger partial charge is 0.503 e. The van der Waals surface area contributed by atoms with Crippen molar-refractivity contribution in [2.75, 3.05) is 6.54 Å². The van der Waals surface area contributed by atoms with Crippen molar-refractivity contribution >= 4 is 11.8 Å². The first-order valence-electron chi connectivity index (χ1n) is 11.0. The van der Waals surface area contributed by atoms with Crippen LogP contribution in [0, 0.1) is 11.6 Å². The molecular formula is C23H24F2N4O4. The van der Waals surface area contributed by atoms with Gasteiger partial charge in [-0.15, -0.1) is 0 Å². The molecule has 2 fully saturated rings. The van der Waals surface area contributed by atoms with Crippen molar-refractivity contribution in [2.24, 2.45) is 0 Å². The quantitative estimate of drug-likeness (QED) is 0.729. The van der Waals surface area contributed by atoms with Gasteiger partial charge in [-0.1, -0.05) is 6.07 Å². The maximum absolute atomic E-state index is 14.2. The third kappa shape index (κ3) is 3.68. The second-order valence-corrected chi connectivity index (χ2v) is 8.94. The van der Waals surface area contributed by atoms with Gasteiger partial charge in [0.1, 0.15) is 23.4 Å². The van der Waals surface area contributed by atoms with Crippen LogP contribution in [0.4, 0.5) is 8.78 Å². The number of carbonyl (C=O) groups is 2. The fourth-order valence-electron chi connectivity index (χ4n) is 4.72. The van der Waals surface area contributed by atoms with Gasteiger partial charge >= 0.3 is 0 Å². The number of amides is 2. The number of nitrogens with zero attached hydrogens (tertiary/aromatic N) is 3. The predicted octanol–water partition coefficient (Wildman–Crippen LogP) is 1.80. The number of carbonyl (C=O) groups excluding carboxylic acids is 2. The summed E-state index contributed by atoms with van der Waals surface area (Å²) in [4.78, 5) is 42.4. The second kappa shape index (κ2) is 7.95. The molecule has 10 heteroatoms. The summed E-state index contributed by atoms with van der Waals surface area (Å²) in [6, 6.07) is 2.91. The topological polar surface area (TPSA) is 94.9 Å². The third-order valence-electron chi connectivity index (χ3n) is 6.65. The number of hydrogen-bond acceptors (Lipinski definition) is 5. The molecule has 2 amide bonds. The molecule has 0 spiro atoms. The maximum atomic E-state index is 14.2. The van der Waals surface area contributed by atoms with Crippen LogP contribution in [-0.4, -0.2) is 56.1 Å². The first-order chi connectivity index (χ1) is 15.8. The summed E-state index contributed by atoms with van der Waals surface area (Å²) in [6.07, 6.45) is 3.15. The Labute approximate surface area is 188 Å². The van der Waals surface area contributed by atoms with Crippen molar-refractivity contribution in [3.63, 3.8) is 0 Å². The Morgan fingerprint density at radius 1 is 1.24 bits per heavy atom. The molecule has 33 heavy (non-hydrogen) atoms.